The molecule has 0 atom stereocenters. The van der Waals surface area contributed by atoms with Crippen LogP contribution in [0.5, 0.6) is 0 Å². The maximum Gasteiger partial charge on any atom is 0.261 e. The summed E-state index contributed by atoms with van der Waals surface area (Å²) in [5, 5.41) is 0.706. The Bertz CT molecular complexity index is 1120. The van der Waals surface area contributed by atoms with E-state index in [-0.39, 0.29) is 11.8 Å². The van der Waals surface area contributed by atoms with E-state index in [1.54, 1.807) is 24.3 Å². The van der Waals surface area contributed by atoms with Crippen LogP contribution in [0.2, 0.25) is 5.02 Å². The number of carbonyl (C=O) groups is 2. The molecule has 1 aromatic heterocycles. The van der Waals surface area contributed by atoms with Crippen LogP contribution in [-0.4, -0.2) is 70.9 Å². The Labute approximate surface area is 197 Å². The zero-order chi connectivity index (χ0) is 22.8. The molecule has 2 aromatic carbocycles. The van der Waals surface area contributed by atoms with Gasteiger partial charge in [0.1, 0.15) is 0 Å². The molecule has 1 fully saturated rings. The first-order chi connectivity index (χ1) is 16.1. The summed E-state index contributed by atoms with van der Waals surface area (Å²) in [5.41, 5.74) is 3.02. The summed E-state index contributed by atoms with van der Waals surface area (Å²) in [6, 6.07) is 14.7. The van der Waals surface area contributed by atoms with Crippen molar-refractivity contribution < 1.29 is 9.59 Å². The first-order valence-electron chi connectivity index (χ1n) is 11.1. The Morgan fingerprint density at radius 3 is 1.97 bits per heavy atom. The maximum absolute atomic E-state index is 12.5. The number of imide groups is 1. The molecule has 3 heterocycles. The van der Waals surface area contributed by atoms with Crippen molar-refractivity contribution in [2.45, 2.75) is 6.42 Å². The van der Waals surface area contributed by atoms with E-state index >= 15 is 0 Å². The number of carbonyl (C=O) groups excluding carboxylic acids is 2. The summed E-state index contributed by atoms with van der Waals surface area (Å²) in [7, 11) is 0. The van der Waals surface area contributed by atoms with E-state index in [9.17, 15) is 9.59 Å². The molecule has 8 heteroatoms. The largest absolute Gasteiger partial charge is 0.338 e. The minimum atomic E-state index is -0.181. The van der Waals surface area contributed by atoms with Crippen molar-refractivity contribution in [1.82, 2.24) is 19.8 Å². The van der Waals surface area contributed by atoms with Gasteiger partial charge in [-0.1, -0.05) is 35.9 Å². The molecular weight excluding hydrogens is 438 g/mol. The van der Waals surface area contributed by atoms with Gasteiger partial charge in [0.15, 0.2) is 0 Å². The zero-order valence-corrected chi connectivity index (χ0v) is 18.9. The highest BCUT2D eigenvalue weighted by Gasteiger charge is 2.34. The van der Waals surface area contributed by atoms with Crippen molar-refractivity contribution in [2.24, 2.45) is 0 Å². The summed E-state index contributed by atoms with van der Waals surface area (Å²) in [6.07, 6.45) is 4.46. The number of rotatable bonds is 6. The monoisotopic (exact) mass is 461 g/mol. The lowest BCUT2D eigenvalue weighted by molar-refractivity contribution is 0.0647. The Hall–Kier alpha value is -3.29. The Morgan fingerprint density at radius 2 is 1.36 bits per heavy atom. The van der Waals surface area contributed by atoms with Crippen LogP contribution < -0.4 is 4.90 Å². The quantitative estimate of drug-likeness (QED) is 0.522. The predicted octanol–water partition coefficient (Wildman–Crippen LogP) is 3.61. The molecule has 3 aromatic rings. The minimum absolute atomic E-state index is 0.181. The van der Waals surface area contributed by atoms with Crippen LogP contribution in [0, 0.1) is 0 Å². The Balaban J connectivity index is 1.10. The van der Waals surface area contributed by atoms with Crippen molar-refractivity contribution >= 4 is 29.4 Å². The third-order valence-corrected chi connectivity index (χ3v) is 6.46. The van der Waals surface area contributed by atoms with Gasteiger partial charge in [0, 0.05) is 55.7 Å². The summed E-state index contributed by atoms with van der Waals surface area (Å²) < 4.78 is 0. The summed E-state index contributed by atoms with van der Waals surface area (Å²) >= 11 is 5.96. The highest BCUT2D eigenvalue weighted by molar-refractivity contribution is 6.30. The second-order valence-electron chi connectivity index (χ2n) is 8.27. The molecule has 0 bridgehead atoms. The standard InChI is InChI=1S/C25H24ClN5O2/c26-20-8-6-18(7-9-20)19-16-27-25(28-17-19)30-14-12-29(13-15-30)10-3-11-31-23(32)21-4-1-2-5-22(21)24(31)33/h1-2,4-9,16-17H,3,10-15H2. The van der Waals surface area contributed by atoms with Gasteiger partial charge in [-0.15, -0.1) is 0 Å². The number of halogens is 1. The van der Waals surface area contributed by atoms with Crippen LogP contribution in [0.25, 0.3) is 11.1 Å². The molecular formula is C25H24ClN5O2. The van der Waals surface area contributed by atoms with Crippen LogP contribution in [0.1, 0.15) is 27.1 Å². The van der Waals surface area contributed by atoms with Gasteiger partial charge in [0.2, 0.25) is 5.95 Å². The molecule has 0 N–H and O–H groups in total. The number of hydrogen-bond acceptors (Lipinski definition) is 6. The predicted molar refractivity (Wildman–Crippen MR) is 128 cm³/mol. The molecule has 0 radical (unpaired) electrons. The maximum atomic E-state index is 12.5. The number of anilines is 1. The number of hydrogen-bond donors (Lipinski definition) is 0. The first-order valence-corrected chi connectivity index (χ1v) is 11.5. The number of piperazine rings is 1. The van der Waals surface area contributed by atoms with Gasteiger partial charge < -0.3 is 4.90 Å². The molecule has 0 aliphatic carbocycles. The number of benzene rings is 2. The number of nitrogens with zero attached hydrogens (tertiary/aromatic N) is 5. The molecule has 5 rings (SSSR count). The molecule has 2 aliphatic heterocycles. The third kappa shape index (κ3) is 4.47. The average Bonchev–Trinajstić information content (AvgIpc) is 3.10. The van der Waals surface area contributed by atoms with Crippen LogP contribution in [0.15, 0.2) is 60.9 Å². The smallest absolute Gasteiger partial charge is 0.261 e. The lowest BCUT2D eigenvalue weighted by Crippen LogP contribution is -2.47. The van der Waals surface area contributed by atoms with Crippen LogP contribution in [0.3, 0.4) is 0 Å². The lowest BCUT2D eigenvalue weighted by atomic mass is 10.1. The number of aromatic nitrogens is 2. The van der Waals surface area contributed by atoms with E-state index in [2.05, 4.69) is 19.8 Å². The van der Waals surface area contributed by atoms with Gasteiger partial charge in [-0.3, -0.25) is 19.4 Å². The molecule has 2 amide bonds. The second kappa shape index (κ2) is 9.29. The Morgan fingerprint density at radius 1 is 0.758 bits per heavy atom. The van der Waals surface area contributed by atoms with Gasteiger partial charge >= 0.3 is 0 Å². The molecule has 7 nitrogen and oxygen atoms in total. The van der Waals surface area contributed by atoms with Crippen molar-refractivity contribution in [3.05, 3.63) is 77.1 Å². The first kappa shape index (κ1) is 21.6. The van der Waals surface area contributed by atoms with E-state index in [4.69, 9.17) is 11.6 Å². The second-order valence-corrected chi connectivity index (χ2v) is 8.70. The molecule has 1 saturated heterocycles. The number of amides is 2. The van der Waals surface area contributed by atoms with Crippen molar-refractivity contribution in [1.29, 1.82) is 0 Å². The summed E-state index contributed by atoms with van der Waals surface area (Å²) in [4.78, 5) is 40.0. The number of fused-ring (bicyclic) bond motifs is 1. The fourth-order valence-electron chi connectivity index (χ4n) is 4.34. The zero-order valence-electron chi connectivity index (χ0n) is 18.2. The highest BCUT2D eigenvalue weighted by Crippen LogP contribution is 2.23. The molecule has 0 unspecified atom stereocenters. The van der Waals surface area contributed by atoms with Gasteiger partial charge in [-0.05, 0) is 42.8 Å². The van der Waals surface area contributed by atoms with Gasteiger partial charge in [0.25, 0.3) is 11.8 Å². The van der Waals surface area contributed by atoms with E-state index in [1.165, 1.54) is 4.90 Å². The van der Waals surface area contributed by atoms with Crippen LogP contribution in [0.4, 0.5) is 5.95 Å². The molecule has 2 aliphatic rings. The van der Waals surface area contributed by atoms with E-state index < -0.39 is 0 Å². The molecule has 33 heavy (non-hydrogen) atoms. The van der Waals surface area contributed by atoms with Gasteiger partial charge in [0.05, 0.1) is 11.1 Å². The summed E-state index contributed by atoms with van der Waals surface area (Å²) in [6.45, 7) is 4.76. The average molecular weight is 462 g/mol. The van der Waals surface area contributed by atoms with E-state index in [0.717, 1.165) is 56.2 Å². The van der Waals surface area contributed by atoms with Crippen molar-refractivity contribution in [3.63, 3.8) is 0 Å². The van der Waals surface area contributed by atoms with Crippen molar-refractivity contribution in [2.75, 3.05) is 44.2 Å². The molecule has 0 saturated carbocycles. The minimum Gasteiger partial charge on any atom is -0.338 e. The van der Waals surface area contributed by atoms with Gasteiger partial charge in [-0.25, -0.2) is 9.97 Å². The van der Waals surface area contributed by atoms with Crippen molar-refractivity contribution in [3.8, 4) is 11.1 Å². The van der Waals surface area contributed by atoms with Gasteiger partial charge in [-0.2, -0.15) is 0 Å². The topological polar surface area (TPSA) is 69.6 Å². The molecule has 168 valence electrons. The highest BCUT2D eigenvalue weighted by atomic mass is 35.5. The third-order valence-electron chi connectivity index (χ3n) is 6.21. The Kier molecular flexibility index (Phi) is 6.07. The normalized spacial score (nSPS) is 16.4. The lowest BCUT2D eigenvalue weighted by Gasteiger charge is -2.34. The van der Waals surface area contributed by atoms with Crippen LogP contribution in [-0.2, 0) is 0 Å². The summed E-state index contributed by atoms with van der Waals surface area (Å²) in [5.74, 6) is 0.373. The fourth-order valence-corrected chi connectivity index (χ4v) is 4.47. The SMILES string of the molecule is O=C1c2ccccc2C(=O)N1CCCN1CCN(c2ncc(-c3ccc(Cl)cc3)cn2)CC1. The fraction of sp³-hybridized carbons (Fsp3) is 0.280. The van der Waals surface area contributed by atoms with E-state index in [1.807, 2.05) is 36.7 Å². The van der Waals surface area contributed by atoms with E-state index in [0.29, 0.717) is 22.7 Å². The molecule has 0 spiro atoms. The van der Waals surface area contributed by atoms with Crippen LogP contribution >= 0.6 is 11.6 Å².